The summed E-state index contributed by atoms with van der Waals surface area (Å²) in [5.74, 6) is -12.7. The number of aliphatic hydroxyl groups excluding tert-OH is 2. The molecule has 8 unspecified atom stereocenters. The van der Waals surface area contributed by atoms with Crippen LogP contribution in [-0.2, 0) is 76.1 Å². The van der Waals surface area contributed by atoms with Crippen LogP contribution in [0.4, 0.5) is 0 Å². The zero-order chi connectivity index (χ0) is 74.7. The Morgan fingerprint density at radius 3 is 1.16 bits per heavy atom. The highest BCUT2D eigenvalue weighted by molar-refractivity contribution is 7.98. The number of hydrogen-bond donors (Lipinski definition) is 12. The lowest BCUT2D eigenvalue weighted by molar-refractivity contribution is -0.594. The molecule has 12 rings (SSSR count). The van der Waals surface area contributed by atoms with Gasteiger partial charge < -0.3 is 125 Å². The summed E-state index contributed by atoms with van der Waals surface area (Å²) in [7, 11) is 2.61. The van der Waals surface area contributed by atoms with E-state index in [0.29, 0.717) is 12.8 Å². The largest absolute Gasteiger partial charge is 0.665 e. The average molecular weight is 1420 g/mol. The number of carboxylic acids is 4. The van der Waals surface area contributed by atoms with Crippen molar-refractivity contribution in [2.24, 2.45) is 39.2 Å². The van der Waals surface area contributed by atoms with Gasteiger partial charge in [-0.15, -0.1) is 0 Å². The summed E-state index contributed by atoms with van der Waals surface area (Å²) < 4.78 is 59.6. The number of nitrogens with one attached hydrogen (secondary N) is 3. The quantitative estimate of drug-likeness (QED) is 0.0645. The van der Waals surface area contributed by atoms with Gasteiger partial charge in [-0.3, -0.25) is 19.2 Å². The van der Waals surface area contributed by atoms with Gasteiger partial charge in [-0.05, 0) is 133 Å². The number of thioether (sulfide) groups is 2. The second kappa shape index (κ2) is 25.9. The molecule has 2 amide bonds. The second-order valence-corrected chi connectivity index (χ2v) is 32.1. The Labute approximate surface area is 571 Å². The predicted molar refractivity (Wildman–Crippen MR) is 345 cm³/mol. The van der Waals surface area contributed by atoms with E-state index in [1.807, 2.05) is 40.2 Å². The molecule has 10 heterocycles. The highest BCUT2D eigenvalue weighted by Gasteiger charge is 2.92. The minimum absolute atomic E-state index is 0.158. The van der Waals surface area contributed by atoms with Gasteiger partial charge in [0, 0.05) is 50.7 Å². The highest BCUT2D eigenvalue weighted by atomic mass is 32.2. The van der Waals surface area contributed by atoms with Crippen LogP contribution in [0.25, 0.3) is 5.73 Å². The van der Waals surface area contributed by atoms with Crippen molar-refractivity contribution in [2.45, 2.75) is 254 Å². The predicted octanol–water partition coefficient (Wildman–Crippen LogP) is 1.15. The summed E-state index contributed by atoms with van der Waals surface area (Å²) in [5, 5.41) is 112. The minimum atomic E-state index is -2.29. The molecule has 0 aromatic heterocycles. The number of carboxylic acid groups (broad SMARTS) is 4. The maximum atomic E-state index is 12.5. The number of carbonyl (C=O) groups excluding carboxylic acids is 3. The number of nitrogens with two attached hydrogens (primary N) is 1. The van der Waals surface area contributed by atoms with Crippen molar-refractivity contribution in [1.82, 2.24) is 10.6 Å². The Morgan fingerprint density at radius 2 is 0.875 bits per heavy atom. The molecular weight excluding hydrogens is 1300 g/mol. The summed E-state index contributed by atoms with van der Waals surface area (Å²) in [6, 6.07) is -1.62. The lowest BCUT2D eigenvalue weighted by Gasteiger charge is -2.82. The molecule has 24 atom stereocenters. The summed E-state index contributed by atoms with van der Waals surface area (Å²) in [5.41, 5.74) is -9.79. The number of hydrogen-bond acceptors (Lipinski definition) is 26. The lowest BCUT2D eigenvalue weighted by atomic mass is 9.33. The summed E-state index contributed by atoms with van der Waals surface area (Å²) in [6.07, 6.45) is 4.82. The minimum Gasteiger partial charge on any atom is -0.665 e. The van der Waals surface area contributed by atoms with Gasteiger partial charge in [0.15, 0.2) is 5.79 Å². The Bertz CT molecular complexity index is 2800. The Hall–Kier alpha value is -3.20. The van der Waals surface area contributed by atoms with Gasteiger partial charge in [-0.25, -0.2) is 4.79 Å². The van der Waals surface area contributed by atoms with Crippen LogP contribution in [0.5, 0.6) is 0 Å². The fourth-order valence-corrected chi connectivity index (χ4v) is 18.8. The van der Waals surface area contributed by atoms with E-state index in [4.69, 9.17) is 69.0 Å². The number of aliphatic hydroxyl groups is 6. The molecule has 2 aliphatic carbocycles. The zero-order valence-electron chi connectivity index (χ0n) is 60.2. The average Bonchev–Trinajstić information content (AvgIpc) is 0.656. The first-order valence-electron chi connectivity index (χ1n) is 31.8. The van der Waals surface area contributed by atoms with Gasteiger partial charge in [-0.1, -0.05) is 34.1 Å². The van der Waals surface area contributed by atoms with E-state index < -0.39 is 161 Å². The van der Waals surface area contributed by atoms with Gasteiger partial charge in [-0.2, -0.15) is 23.5 Å². The third-order valence-electron chi connectivity index (χ3n) is 26.4. The van der Waals surface area contributed by atoms with E-state index >= 15 is 0 Å². The normalized spacial score (nSPS) is 49.4. The molecule has 0 spiro atoms. The van der Waals surface area contributed by atoms with Crippen LogP contribution in [0.3, 0.4) is 0 Å². The molecule has 2 saturated carbocycles. The Kier molecular flexibility index (Phi) is 22.6. The number of rotatable bonds is 24. The van der Waals surface area contributed by atoms with Crippen LogP contribution < -0.4 is 21.5 Å². The van der Waals surface area contributed by atoms with E-state index in [2.05, 4.69) is 10.6 Å². The third-order valence-corrected chi connectivity index (χ3v) is 27.7. The Morgan fingerprint density at radius 1 is 0.542 bits per heavy atom. The number of aliphatic carboxylic acids is 4. The summed E-state index contributed by atoms with van der Waals surface area (Å²) in [4.78, 5) is 69.9. The second-order valence-electron chi connectivity index (χ2n) is 30.2. The van der Waals surface area contributed by atoms with E-state index in [1.165, 1.54) is 55.8 Å². The van der Waals surface area contributed by atoms with Gasteiger partial charge in [0.1, 0.15) is 68.0 Å². The van der Waals surface area contributed by atoms with Crippen molar-refractivity contribution < 1.29 is 127 Å². The fourth-order valence-electron chi connectivity index (χ4n) is 17.8. The number of amides is 2. The molecule has 0 radical (unpaired) electrons. The van der Waals surface area contributed by atoms with Crippen LogP contribution in [0.15, 0.2) is 0 Å². The number of fused-ring (bicyclic) bond motifs is 8. The zero-order valence-corrected chi connectivity index (χ0v) is 61.9. The molecule has 12 fully saturated rings. The molecular formula is C64H110N4O26S2-2. The first-order valence-corrected chi connectivity index (χ1v) is 34.6. The Balaban J connectivity index is 0.000000276. The maximum absolute atomic E-state index is 12.5. The monoisotopic (exact) mass is 1410 g/mol. The topological polar surface area (TPSA) is 474 Å². The van der Waals surface area contributed by atoms with Crippen molar-refractivity contribution in [2.75, 3.05) is 77.9 Å². The molecule has 12 aliphatic rings. The van der Waals surface area contributed by atoms with Crippen molar-refractivity contribution in [1.29, 1.82) is 0 Å². The molecule has 14 N–H and O–H groups in total. The molecule has 0 aromatic carbocycles. The smallest absolute Gasteiger partial charge is 0.365 e. The van der Waals surface area contributed by atoms with Gasteiger partial charge >= 0.3 is 11.9 Å². The van der Waals surface area contributed by atoms with Crippen molar-refractivity contribution >= 4 is 59.2 Å². The number of carbonyl (C=O) groups is 6. The van der Waals surface area contributed by atoms with Crippen molar-refractivity contribution in [3.8, 4) is 0 Å². The molecule has 10 aliphatic heterocycles. The number of methoxy groups -OCH3 is 2. The molecule has 0 aromatic rings. The first-order chi connectivity index (χ1) is 43.3. The van der Waals surface area contributed by atoms with E-state index in [9.17, 15) is 69.6 Å². The van der Waals surface area contributed by atoms with Gasteiger partial charge in [0.05, 0.1) is 61.5 Å². The molecule has 32 heteroatoms. The SMILES string of the molecule is CO[C@]1(C)O[C@@]2(C(=O)O)O[C@@](C)(C1(C)O)[C@]2(C)COC[C@]1(C)OC2(CO)[C@@H](C)[C@@](C)(C1(C)NC(C)=O)[C@]2(C)O.CO[C@]1(C)O[C@@]2(C(=O)[O-])O[C@@](C)(C1(C)O)[C@]2(C)COC[C@]1(C)OC2(CO)[C@@H](C)[C@@](C)(C1(C)NC(C)=O)[C@]2(C)O.CSCCC(N)C(=O)O.CSCCC([NH-])C(=O)O. The van der Waals surface area contributed by atoms with Gasteiger partial charge in [0.25, 0.3) is 11.8 Å². The molecule has 556 valence electrons. The van der Waals surface area contributed by atoms with E-state index in [1.54, 1.807) is 92.8 Å². The van der Waals surface area contributed by atoms with E-state index in [-0.39, 0.29) is 50.1 Å². The van der Waals surface area contributed by atoms with Gasteiger partial charge in [0.2, 0.25) is 23.4 Å². The van der Waals surface area contributed by atoms with Crippen LogP contribution >= 0.6 is 23.5 Å². The summed E-state index contributed by atoms with van der Waals surface area (Å²) in [6.45, 7) is 30.7. The molecule has 96 heavy (non-hydrogen) atoms. The summed E-state index contributed by atoms with van der Waals surface area (Å²) >= 11 is 3.17. The van der Waals surface area contributed by atoms with Crippen LogP contribution in [0.2, 0.25) is 0 Å². The maximum Gasteiger partial charge on any atom is 0.365 e. The molecule has 10 saturated heterocycles. The lowest BCUT2D eigenvalue weighted by Crippen LogP contribution is -2.97. The first kappa shape index (κ1) is 83.5. The molecule has 30 nitrogen and oxygen atoms in total. The standard InChI is InChI=1S/2C27H45NO11.C5H11NO2S.C5H10NO2S/c2*1-15-20(5)21(6,28-16(2)30)19(4,37-26(15,12-29)22(20,7)33)14-36-13-18(3)24(9)23(8,34)25(10,35-11)39-27(18,38-24)17(31)32;2*1-9-3-2-4(6)5(7)8/h2*15,29,33-34H,12-14H2,1-11H3,(H,28,30)(H,31,32);4H,2-3,6H2,1H3,(H,7,8);4,6H,2-3H2,1H3,(H,7,8)/q;;;-1/p-1/t2*15-,18-,19-,20-,21?,22-,23?,24+,25+,26?,27+;;/m00../s1. The van der Waals surface area contributed by atoms with Crippen LogP contribution in [0, 0.1) is 33.5 Å². The third kappa shape index (κ3) is 10.3. The molecule has 8 bridgehead atoms. The van der Waals surface area contributed by atoms with Crippen molar-refractivity contribution in [3.63, 3.8) is 0 Å². The van der Waals surface area contributed by atoms with Crippen LogP contribution in [0.1, 0.15) is 151 Å². The number of ether oxygens (including phenoxy) is 10. The van der Waals surface area contributed by atoms with E-state index in [0.717, 1.165) is 11.5 Å². The highest BCUT2D eigenvalue weighted by Crippen LogP contribution is 2.76. The fraction of sp³-hybridized carbons (Fsp3) is 0.906. The van der Waals surface area contributed by atoms with Crippen molar-refractivity contribution in [3.05, 3.63) is 5.73 Å². The van der Waals surface area contributed by atoms with Crippen LogP contribution in [-0.4, -0.2) is 262 Å².